The predicted octanol–water partition coefficient (Wildman–Crippen LogP) is 6.93. The lowest BCUT2D eigenvalue weighted by atomic mass is 9.46. The fourth-order valence-electron chi connectivity index (χ4n) is 9.07. The van der Waals surface area contributed by atoms with E-state index in [1.807, 2.05) is 0 Å². The molecule has 3 nitrogen and oxygen atoms in total. The minimum atomic E-state index is -0.621. The maximum Gasteiger partial charge on any atom is 0.303 e. The molecule has 32 heavy (non-hydrogen) atoms. The molecule has 0 unspecified atom stereocenters. The highest BCUT2D eigenvalue weighted by molar-refractivity contribution is 5.66. The van der Waals surface area contributed by atoms with Crippen molar-refractivity contribution in [2.45, 2.75) is 118 Å². The number of aliphatic hydroxyl groups is 1. The van der Waals surface area contributed by atoms with Crippen LogP contribution in [0.15, 0.2) is 11.6 Å². The van der Waals surface area contributed by atoms with Crippen molar-refractivity contribution in [2.75, 3.05) is 0 Å². The molecule has 0 aromatic carbocycles. The number of hydrogen-bond acceptors (Lipinski definition) is 3. The van der Waals surface area contributed by atoms with Crippen LogP contribution >= 0.6 is 0 Å². The van der Waals surface area contributed by atoms with Crippen LogP contribution in [0, 0.1) is 46.3 Å². The lowest BCUT2D eigenvalue weighted by molar-refractivity contribution is -0.156. The fourth-order valence-corrected chi connectivity index (χ4v) is 9.07. The number of carbonyl (C=O) groups excluding carboxylic acids is 1. The molecule has 0 aromatic rings. The minimum absolute atomic E-state index is 0.0707. The Balaban J connectivity index is 1.50. The standard InChI is InChI=1S/C29H48O3/c1-18(2)8-7-9-19(3)22-12-13-23-21-10-11-25-27(31)26(32-20(4)30)15-17-29(25,6)24(21)14-16-28(22,23)5/h11,18-19,21-24,26-27,31H,7-10,12-17H2,1-6H3/t19-,21+,22-,23+,24+,26+,27-,28-,29-/m1/s1. The average molecular weight is 445 g/mol. The summed E-state index contributed by atoms with van der Waals surface area (Å²) < 4.78 is 5.48. The second-order valence-electron chi connectivity index (χ2n) is 12.9. The first-order chi connectivity index (χ1) is 15.1. The molecule has 9 atom stereocenters. The molecule has 3 saturated carbocycles. The molecule has 3 fully saturated rings. The number of carbonyl (C=O) groups is 1. The van der Waals surface area contributed by atoms with Gasteiger partial charge in [-0.2, -0.15) is 0 Å². The van der Waals surface area contributed by atoms with Crippen molar-refractivity contribution in [3.8, 4) is 0 Å². The van der Waals surface area contributed by atoms with Gasteiger partial charge >= 0.3 is 5.97 Å². The van der Waals surface area contributed by atoms with Gasteiger partial charge in [-0.25, -0.2) is 0 Å². The highest BCUT2D eigenvalue weighted by Crippen LogP contribution is 2.67. The van der Waals surface area contributed by atoms with Gasteiger partial charge in [0.15, 0.2) is 0 Å². The molecule has 0 amide bonds. The van der Waals surface area contributed by atoms with E-state index in [9.17, 15) is 9.90 Å². The van der Waals surface area contributed by atoms with Crippen LogP contribution in [-0.2, 0) is 9.53 Å². The van der Waals surface area contributed by atoms with Gasteiger partial charge in [0.1, 0.15) is 12.2 Å². The van der Waals surface area contributed by atoms with Crippen LogP contribution < -0.4 is 0 Å². The molecule has 3 heteroatoms. The zero-order chi connectivity index (χ0) is 23.3. The Hall–Kier alpha value is -0.830. The van der Waals surface area contributed by atoms with Crippen LogP contribution in [0.5, 0.6) is 0 Å². The molecule has 0 saturated heterocycles. The third-order valence-corrected chi connectivity index (χ3v) is 10.7. The first kappa shape index (κ1) is 24.3. The molecule has 4 aliphatic rings. The van der Waals surface area contributed by atoms with Crippen LogP contribution in [-0.4, -0.2) is 23.3 Å². The molecule has 4 rings (SSSR count). The average Bonchev–Trinajstić information content (AvgIpc) is 3.07. The number of allylic oxidation sites excluding steroid dienone is 1. The van der Waals surface area contributed by atoms with Crippen molar-refractivity contribution >= 4 is 5.97 Å². The van der Waals surface area contributed by atoms with Crippen molar-refractivity contribution < 1.29 is 14.6 Å². The van der Waals surface area contributed by atoms with Crippen molar-refractivity contribution in [1.82, 2.24) is 0 Å². The zero-order valence-corrected chi connectivity index (χ0v) is 21.5. The lowest BCUT2D eigenvalue weighted by Gasteiger charge is -2.59. The molecular formula is C29H48O3. The highest BCUT2D eigenvalue weighted by atomic mass is 16.6. The quantitative estimate of drug-likeness (QED) is 0.357. The van der Waals surface area contributed by atoms with Crippen LogP contribution in [0.4, 0.5) is 0 Å². The normalized spacial score (nSPS) is 44.3. The van der Waals surface area contributed by atoms with Crippen molar-refractivity contribution in [2.24, 2.45) is 46.3 Å². The Kier molecular flexibility index (Phi) is 6.90. The molecule has 0 spiro atoms. The summed E-state index contributed by atoms with van der Waals surface area (Å²) in [6, 6.07) is 0. The number of fused-ring (bicyclic) bond motifs is 5. The summed E-state index contributed by atoms with van der Waals surface area (Å²) in [6.45, 7) is 13.7. The number of aliphatic hydroxyl groups excluding tert-OH is 1. The van der Waals surface area contributed by atoms with E-state index in [2.05, 4.69) is 40.7 Å². The smallest absolute Gasteiger partial charge is 0.303 e. The molecule has 0 aromatic heterocycles. The molecular weight excluding hydrogens is 396 g/mol. The van der Waals surface area contributed by atoms with E-state index in [0.717, 1.165) is 48.9 Å². The van der Waals surface area contributed by atoms with Gasteiger partial charge in [-0.15, -0.1) is 0 Å². The summed E-state index contributed by atoms with van der Waals surface area (Å²) in [4.78, 5) is 11.5. The lowest BCUT2D eigenvalue weighted by Crippen LogP contribution is -2.54. The first-order valence-corrected chi connectivity index (χ1v) is 13.6. The predicted molar refractivity (Wildman–Crippen MR) is 130 cm³/mol. The van der Waals surface area contributed by atoms with Crippen LogP contribution in [0.1, 0.15) is 106 Å². The van der Waals surface area contributed by atoms with Crippen molar-refractivity contribution in [1.29, 1.82) is 0 Å². The zero-order valence-electron chi connectivity index (χ0n) is 21.5. The van der Waals surface area contributed by atoms with Gasteiger partial charge in [-0.05, 0) is 96.9 Å². The van der Waals surface area contributed by atoms with Gasteiger partial charge in [0.2, 0.25) is 0 Å². The Labute approximate surface area is 196 Å². The monoisotopic (exact) mass is 444 g/mol. The van der Waals surface area contributed by atoms with Crippen molar-refractivity contribution in [3.63, 3.8) is 0 Å². The number of ether oxygens (including phenoxy) is 1. The summed E-state index contributed by atoms with van der Waals surface area (Å²) in [7, 11) is 0. The summed E-state index contributed by atoms with van der Waals surface area (Å²) in [5, 5.41) is 11.1. The van der Waals surface area contributed by atoms with Gasteiger partial charge < -0.3 is 9.84 Å². The molecule has 0 radical (unpaired) electrons. The highest BCUT2D eigenvalue weighted by Gasteiger charge is 2.60. The second kappa shape index (κ2) is 9.08. The third-order valence-electron chi connectivity index (χ3n) is 10.7. The maximum atomic E-state index is 11.5. The van der Waals surface area contributed by atoms with E-state index < -0.39 is 6.10 Å². The number of rotatable bonds is 6. The summed E-state index contributed by atoms with van der Waals surface area (Å²) in [6.07, 6.45) is 13.9. The largest absolute Gasteiger partial charge is 0.459 e. The Morgan fingerprint density at radius 3 is 2.53 bits per heavy atom. The molecule has 0 heterocycles. The van der Waals surface area contributed by atoms with Gasteiger partial charge in [-0.1, -0.05) is 60.0 Å². The van der Waals surface area contributed by atoms with E-state index in [-0.39, 0.29) is 17.5 Å². The van der Waals surface area contributed by atoms with E-state index in [1.54, 1.807) is 0 Å². The molecule has 182 valence electrons. The van der Waals surface area contributed by atoms with Crippen LogP contribution in [0.2, 0.25) is 0 Å². The van der Waals surface area contributed by atoms with Crippen LogP contribution in [0.25, 0.3) is 0 Å². The van der Waals surface area contributed by atoms with Gasteiger partial charge in [0.05, 0.1) is 0 Å². The van der Waals surface area contributed by atoms with E-state index in [4.69, 9.17) is 4.74 Å². The second-order valence-corrected chi connectivity index (χ2v) is 12.9. The molecule has 0 aliphatic heterocycles. The number of hydrogen-bond donors (Lipinski definition) is 1. The van der Waals surface area contributed by atoms with E-state index in [0.29, 0.717) is 11.3 Å². The molecule has 4 aliphatic carbocycles. The summed E-state index contributed by atoms with van der Waals surface area (Å²) in [5.74, 6) is 4.52. The summed E-state index contributed by atoms with van der Waals surface area (Å²) >= 11 is 0. The molecule has 0 bridgehead atoms. The van der Waals surface area contributed by atoms with Crippen molar-refractivity contribution in [3.05, 3.63) is 11.6 Å². The van der Waals surface area contributed by atoms with Crippen LogP contribution in [0.3, 0.4) is 0 Å². The van der Waals surface area contributed by atoms with Gasteiger partial charge in [-0.3, -0.25) is 4.79 Å². The van der Waals surface area contributed by atoms with Gasteiger partial charge in [0, 0.05) is 6.92 Å². The van der Waals surface area contributed by atoms with E-state index >= 15 is 0 Å². The Bertz CT molecular complexity index is 726. The third kappa shape index (κ3) is 4.10. The van der Waals surface area contributed by atoms with E-state index in [1.165, 1.54) is 57.4 Å². The molecule has 1 N–H and O–H groups in total. The topological polar surface area (TPSA) is 46.5 Å². The maximum absolute atomic E-state index is 11.5. The van der Waals surface area contributed by atoms with Gasteiger partial charge in [0.25, 0.3) is 0 Å². The fraction of sp³-hybridized carbons (Fsp3) is 0.897. The Morgan fingerprint density at radius 2 is 1.84 bits per heavy atom. The first-order valence-electron chi connectivity index (χ1n) is 13.6. The number of esters is 1. The minimum Gasteiger partial charge on any atom is -0.459 e. The SMILES string of the molecule is CC(=O)O[C@H]1CC[C@@]2(C)C(=CC[C@H]3[C@@H]4CC[C@H]([C@H](C)CCCC(C)C)[C@@]4(C)CC[C@@H]32)[C@H]1O. The summed E-state index contributed by atoms with van der Waals surface area (Å²) in [5.41, 5.74) is 1.74. The Morgan fingerprint density at radius 1 is 1.09 bits per heavy atom.